The van der Waals surface area contributed by atoms with Gasteiger partial charge in [-0.3, -0.25) is 4.79 Å². The van der Waals surface area contributed by atoms with Crippen LogP contribution < -0.4 is 5.32 Å². The number of amides is 1. The van der Waals surface area contributed by atoms with Crippen LogP contribution in [0.5, 0.6) is 5.75 Å². The van der Waals surface area contributed by atoms with Gasteiger partial charge in [0, 0.05) is 5.56 Å². The fraction of sp³-hybridized carbons (Fsp3) is 0.188. The molecular formula is C16H14F3NO3. The summed E-state index contributed by atoms with van der Waals surface area (Å²) in [6.07, 6.45) is -4.97. The summed E-state index contributed by atoms with van der Waals surface area (Å²) in [5.74, 6) is -1.02. The molecule has 23 heavy (non-hydrogen) atoms. The van der Waals surface area contributed by atoms with E-state index >= 15 is 0 Å². The SMILES string of the molecule is O=C(NC[C@](O)(c1ccccc1)C(F)(F)F)c1cccc(O)c1. The number of hydrogen-bond acceptors (Lipinski definition) is 3. The molecule has 0 saturated heterocycles. The molecule has 2 aromatic carbocycles. The predicted octanol–water partition coefficient (Wildman–Crippen LogP) is 2.57. The van der Waals surface area contributed by atoms with Crippen molar-refractivity contribution in [2.75, 3.05) is 6.54 Å². The largest absolute Gasteiger partial charge is 0.508 e. The van der Waals surface area contributed by atoms with Crippen molar-refractivity contribution >= 4 is 5.91 Å². The molecule has 0 aliphatic carbocycles. The molecule has 1 atom stereocenters. The highest BCUT2D eigenvalue weighted by Crippen LogP contribution is 2.38. The van der Waals surface area contributed by atoms with E-state index < -0.39 is 24.2 Å². The number of halogens is 3. The van der Waals surface area contributed by atoms with Crippen molar-refractivity contribution in [2.24, 2.45) is 0 Å². The Labute approximate surface area is 130 Å². The van der Waals surface area contributed by atoms with Gasteiger partial charge in [-0.15, -0.1) is 0 Å². The topological polar surface area (TPSA) is 69.6 Å². The molecule has 1 amide bonds. The molecule has 0 heterocycles. The highest BCUT2D eigenvalue weighted by atomic mass is 19.4. The molecule has 0 saturated carbocycles. The number of phenols is 1. The molecular weight excluding hydrogens is 311 g/mol. The monoisotopic (exact) mass is 325 g/mol. The van der Waals surface area contributed by atoms with Gasteiger partial charge < -0.3 is 15.5 Å². The summed E-state index contributed by atoms with van der Waals surface area (Å²) in [4.78, 5) is 11.9. The first-order chi connectivity index (χ1) is 10.7. The number of aromatic hydroxyl groups is 1. The minimum absolute atomic E-state index is 0.0115. The highest BCUT2D eigenvalue weighted by molar-refractivity contribution is 5.94. The van der Waals surface area contributed by atoms with Gasteiger partial charge in [0.1, 0.15) is 5.75 Å². The fourth-order valence-electron chi connectivity index (χ4n) is 2.04. The molecule has 0 aliphatic heterocycles. The molecule has 122 valence electrons. The van der Waals surface area contributed by atoms with E-state index in [1.54, 1.807) is 0 Å². The van der Waals surface area contributed by atoms with Crippen LogP contribution in [0.25, 0.3) is 0 Å². The van der Waals surface area contributed by atoms with E-state index in [0.29, 0.717) is 0 Å². The van der Waals surface area contributed by atoms with Crippen LogP contribution in [0.3, 0.4) is 0 Å². The number of phenolic OH excluding ortho intramolecular Hbond substituents is 1. The summed E-state index contributed by atoms with van der Waals surface area (Å²) in [6, 6.07) is 11.7. The molecule has 3 N–H and O–H groups in total. The van der Waals surface area contributed by atoms with E-state index in [9.17, 15) is 28.2 Å². The lowest BCUT2D eigenvalue weighted by Gasteiger charge is -2.31. The van der Waals surface area contributed by atoms with Gasteiger partial charge in [0.15, 0.2) is 0 Å². The summed E-state index contributed by atoms with van der Waals surface area (Å²) in [5, 5.41) is 21.4. The maximum Gasteiger partial charge on any atom is 0.423 e. The zero-order valence-corrected chi connectivity index (χ0v) is 11.8. The lowest BCUT2D eigenvalue weighted by molar-refractivity contribution is -0.263. The van der Waals surface area contributed by atoms with Crippen LogP contribution in [0.15, 0.2) is 54.6 Å². The van der Waals surface area contributed by atoms with Crippen LogP contribution >= 0.6 is 0 Å². The zero-order valence-electron chi connectivity index (χ0n) is 11.8. The van der Waals surface area contributed by atoms with Gasteiger partial charge in [-0.2, -0.15) is 13.2 Å². The smallest absolute Gasteiger partial charge is 0.423 e. The van der Waals surface area contributed by atoms with Gasteiger partial charge in [0.05, 0.1) is 6.54 Å². The Bertz CT molecular complexity index is 688. The first-order valence-electron chi connectivity index (χ1n) is 6.66. The highest BCUT2D eigenvalue weighted by Gasteiger charge is 2.55. The lowest BCUT2D eigenvalue weighted by Crippen LogP contribution is -2.51. The Kier molecular flexibility index (Phi) is 4.60. The van der Waals surface area contributed by atoms with Gasteiger partial charge in [-0.25, -0.2) is 0 Å². The average molecular weight is 325 g/mol. The molecule has 2 rings (SSSR count). The number of benzene rings is 2. The van der Waals surface area contributed by atoms with Crippen molar-refractivity contribution in [3.63, 3.8) is 0 Å². The Hall–Kier alpha value is -2.54. The molecule has 7 heteroatoms. The fourth-order valence-corrected chi connectivity index (χ4v) is 2.04. The lowest BCUT2D eigenvalue weighted by atomic mass is 9.93. The zero-order chi connectivity index (χ0) is 17.1. The third kappa shape index (κ3) is 3.62. The quantitative estimate of drug-likeness (QED) is 0.809. The number of carbonyl (C=O) groups is 1. The van der Waals surface area contributed by atoms with E-state index in [1.807, 2.05) is 0 Å². The second kappa shape index (κ2) is 6.29. The Balaban J connectivity index is 2.22. The van der Waals surface area contributed by atoms with Crippen LogP contribution in [0.4, 0.5) is 13.2 Å². The van der Waals surface area contributed by atoms with Crippen LogP contribution in [0.2, 0.25) is 0 Å². The summed E-state index contributed by atoms with van der Waals surface area (Å²) >= 11 is 0. The molecule has 0 aliphatic rings. The first kappa shape index (κ1) is 16.8. The molecule has 4 nitrogen and oxygen atoms in total. The van der Waals surface area contributed by atoms with Gasteiger partial charge in [0.25, 0.3) is 5.91 Å². The van der Waals surface area contributed by atoms with Crippen LogP contribution in [-0.2, 0) is 5.60 Å². The van der Waals surface area contributed by atoms with Crippen molar-refractivity contribution in [2.45, 2.75) is 11.8 Å². The number of carbonyl (C=O) groups excluding carboxylic acids is 1. The Morgan fingerprint density at radius 2 is 1.70 bits per heavy atom. The Morgan fingerprint density at radius 1 is 1.04 bits per heavy atom. The van der Waals surface area contributed by atoms with Crippen molar-refractivity contribution in [1.29, 1.82) is 0 Å². The van der Waals surface area contributed by atoms with Crippen LogP contribution in [0.1, 0.15) is 15.9 Å². The van der Waals surface area contributed by atoms with Gasteiger partial charge in [-0.05, 0) is 23.8 Å². The van der Waals surface area contributed by atoms with Crippen molar-refractivity contribution < 1.29 is 28.2 Å². The van der Waals surface area contributed by atoms with Crippen molar-refractivity contribution in [1.82, 2.24) is 5.32 Å². The first-order valence-corrected chi connectivity index (χ1v) is 6.66. The molecule has 0 unspecified atom stereocenters. The van der Waals surface area contributed by atoms with E-state index in [-0.39, 0.29) is 16.9 Å². The van der Waals surface area contributed by atoms with Crippen LogP contribution in [0, 0.1) is 0 Å². The van der Waals surface area contributed by atoms with E-state index in [2.05, 4.69) is 5.32 Å². The molecule has 0 spiro atoms. The normalized spacial score (nSPS) is 14.1. The number of rotatable bonds is 4. The van der Waals surface area contributed by atoms with Crippen molar-refractivity contribution in [3.8, 4) is 5.75 Å². The van der Waals surface area contributed by atoms with Gasteiger partial charge >= 0.3 is 6.18 Å². The average Bonchev–Trinajstić information content (AvgIpc) is 2.52. The predicted molar refractivity (Wildman–Crippen MR) is 76.8 cm³/mol. The summed E-state index contributed by atoms with van der Waals surface area (Å²) in [6.45, 7) is -1.05. The third-order valence-electron chi connectivity index (χ3n) is 3.33. The summed E-state index contributed by atoms with van der Waals surface area (Å²) in [5.41, 5.74) is -3.59. The molecule has 0 fully saturated rings. The van der Waals surface area contributed by atoms with E-state index in [0.717, 1.165) is 18.2 Å². The second-order valence-electron chi connectivity index (χ2n) is 4.96. The van der Waals surface area contributed by atoms with E-state index in [1.165, 1.54) is 36.4 Å². The maximum atomic E-state index is 13.3. The van der Waals surface area contributed by atoms with Crippen molar-refractivity contribution in [3.05, 3.63) is 65.7 Å². The third-order valence-corrected chi connectivity index (χ3v) is 3.33. The minimum atomic E-state index is -4.97. The number of aliphatic hydroxyl groups is 1. The molecule has 0 aromatic heterocycles. The molecule has 0 bridgehead atoms. The number of nitrogens with one attached hydrogen (secondary N) is 1. The molecule has 2 aromatic rings. The second-order valence-corrected chi connectivity index (χ2v) is 4.96. The van der Waals surface area contributed by atoms with Crippen LogP contribution in [-0.4, -0.2) is 28.8 Å². The maximum absolute atomic E-state index is 13.3. The number of alkyl halides is 3. The standard InChI is InChI=1S/C16H14F3NO3/c17-16(18,19)15(23,12-6-2-1-3-7-12)10-20-14(22)11-5-4-8-13(21)9-11/h1-9,21,23H,10H2,(H,20,22)/t15-/m0/s1. The Morgan fingerprint density at radius 3 is 2.26 bits per heavy atom. The van der Waals surface area contributed by atoms with E-state index in [4.69, 9.17) is 0 Å². The summed E-state index contributed by atoms with van der Waals surface area (Å²) in [7, 11) is 0. The molecule has 0 radical (unpaired) electrons. The summed E-state index contributed by atoms with van der Waals surface area (Å²) < 4.78 is 39.8. The number of hydrogen-bond donors (Lipinski definition) is 3. The van der Waals surface area contributed by atoms with Gasteiger partial charge in [-0.1, -0.05) is 36.4 Å². The minimum Gasteiger partial charge on any atom is -0.508 e. The van der Waals surface area contributed by atoms with Gasteiger partial charge in [0.2, 0.25) is 5.60 Å².